The molecular formula is C24H46NaO9P. The van der Waals surface area contributed by atoms with Gasteiger partial charge in [0.05, 0.1) is 19.8 Å². The molecule has 0 saturated heterocycles. The Bertz CT molecular complexity index is 563. The van der Waals surface area contributed by atoms with E-state index in [1.807, 2.05) is 0 Å². The molecule has 0 aliphatic heterocycles. The summed E-state index contributed by atoms with van der Waals surface area (Å²) in [5.41, 5.74) is 0. The van der Waals surface area contributed by atoms with Crippen molar-refractivity contribution in [2.75, 3.05) is 26.4 Å². The number of aliphatic hydroxyl groups is 3. The van der Waals surface area contributed by atoms with E-state index in [0.29, 0.717) is 6.42 Å². The summed E-state index contributed by atoms with van der Waals surface area (Å²) >= 11 is 0. The quantitative estimate of drug-likeness (QED) is 0.0540. The summed E-state index contributed by atoms with van der Waals surface area (Å²) in [6.45, 7) is -0.105. The van der Waals surface area contributed by atoms with Crippen LogP contribution in [0.4, 0.5) is 0 Å². The first-order chi connectivity index (χ1) is 16.3. The Hall–Kier alpha value is 0.200. The number of carbonyl (C=O) groups excluding carboxylic acids is 1. The number of phosphoric acid groups is 1. The summed E-state index contributed by atoms with van der Waals surface area (Å²) in [6.07, 6.45) is 17.3. The predicted molar refractivity (Wildman–Crippen MR) is 129 cm³/mol. The molecule has 0 aliphatic carbocycles. The van der Waals surface area contributed by atoms with Gasteiger partial charge >= 0.3 is 35.5 Å². The molecule has 0 aromatic heterocycles. The smallest absolute Gasteiger partial charge is 0.756 e. The van der Waals surface area contributed by atoms with Gasteiger partial charge < -0.3 is 34.0 Å². The Morgan fingerprint density at radius 1 is 0.829 bits per heavy atom. The van der Waals surface area contributed by atoms with E-state index in [1.165, 1.54) is 44.9 Å². The van der Waals surface area contributed by atoms with Crippen LogP contribution in [0.15, 0.2) is 12.2 Å². The normalized spacial score (nSPS) is 14.9. The molecular weight excluding hydrogens is 486 g/mol. The number of phosphoric ester groups is 1. The fourth-order valence-electron chi connectivity index (χ4n) is 3.09. The molecule has 0 bridgehead atoms. The van der Waals surface area contributed by atoms with Crippen molar-refractivity contribution in [3.8, 4) is 0 Å². The summed E-state index contributed by atoms with van der Waals surface area (Å²) in [6, 6.07) is 0. The van der Waals surface area contributed by atoms with Crippen LogP contribution in [0.3, 0.4) is 0 Å². The zero-order valence-electron chi connectivity index (χ0n) is 21.8. The van der Waals surface area contributed by atoms with Crippen molar-refractivity contribution in [3.63, 3.8) is 0 Å². The Kier molecular flexibility index (Phi) is 27.6. The van der Waals surface area contributed by atoms with Crippen molar-refractivity contribution in [2.45, 2.75) is 109 Å². The molecule has 35 heavy (non-hydrogen) atoms. The van der Waals surface area contributed by atoms with Crippen LogP contribution >= 0.6 is 7.82 Å². The topological polar surface area (TPSA) is 146 Å². The van der Waals surface area contributed by atoms with Crippen LogP contribution in [-0.4, -0.2) is 59.9 Å². The van der Waals surface area contributed by atoms with E-state index in [9.17, 15) is 19.4 Å². The van der Waals surface area contributed by atoms with Gasteiger partial charge in [0.1, 0.15) is 18.8 Å². The molecule has 0 fully saturated rings. The Morgan fingerprint density at radius 3 is 1.86 bits per heavy atom. The largest absolute Gasteiger partial charge is 1.00 e. The van der Waals surface area contributed by atoms with Crippen LogP contribution in [0.2, 0.25) is 0 Å². The molecule has 0 amide bonds. The molecule has 9 nitrogen and oxygen atoms in total. The maximum atomic E-state index is 11.7. The first kappa shape index (κ1) is 37.4. The van der Waals surface area contributed by atoms with Gasteiger partial charge in [0, 0.05) is 6.42 Å². The second-order valence-corrected chi connectivity index (χ2v) is 9.96. The fourth-order valence-corrected chi connectivity index (χ4v) is 3.88. The molecule has 3 atom stereocenters. The molecule has 2 unspecified atom stereocenters. The van der Waals surface area contributed by atoms with Gasteiger partial charge in [-0.1, -0.05) is 70.4 Å². The third-order valence-corrected chi connectivity index (χ3v) is 6.07. The summed E-state index contributed by atoms with van der Waals surface area (Å²) in [4.78, 5) is 23.1. The van der Waals surface area contributed by atoms with Gasteiger partial charge in [-0.3, -0.25) is 9.36 Å². The van der Waals surface area contributed by atoms with Gasteiger partial charge in [0.15, 0.2) is 0 Å². The summed E-state index contributed by atoms with van der Waals surface area (Å²) in [5.74, 6) is -0.454. The average Bonchev–Trinajstić information content (AvgIpc) is 2.82. The van der Waals surface area contributed by atoms with Gasteiger partial charge in [-0.25, -0.2) is 0 Å². The number of rotatable bonds is 24. The average molecular weight is 533 g/mol. The van der Waals surface area contributed by atoms with Crippen LogP contribution in [0.25, 0.3) is 0 Å². The minimum absolute atomic E-state index is 0. The number of hydrogen-bond donors (Lipinski definition) is 3. The van der Waals surface area contributed by atoms with Crippen molar-refractivity contribution in [2.24, 2.45) is 0 Å². The first-order valence-electron chi connectivity index (χ1n) is 12.7. The Labute approximate surface area is 233 Å². The maximum absolute atomic E-state index is 11.7. The minimum atomic E-state index is -4.73. The zero-order valence-corrected chi connectivity index (χ0v) is 24.7. The van der Waals surface area contributed by atoms with Crippen LogP contribution in [0, 0.1) is 0 Å². The molecule has 3 N–H and O–H groups in total. The zero-order chi connectivity index (χ0) is 25.5. The molecule has 0 saturated carbocycles. The van der Waals surface area contributed by atoms with Gasteiger partial charge in [-0.2, -0.15) is 0 Å². The standard InChI is InChI=1S/C24H47O9P.Na/c1-2-3-4-5-6-7-8-9-10-11-12-13-14-15-16-17-24(28)31-19-23(27)21-33-34(29,30)32-20-22(26)18-25;/h9-10,22-23,25-27H,2-8,11-21H2,1H3,(H,29,30);/q;+1/p-1/b10-9+;/t22?,23-;/m1./s1. The predicted octanol–water partition coefficient (Wildman–Crippen LogP) is 0.787. The molecule has 0 aromatic carbocycles. The summed E-state index contributed by atoms with van der Waals surface area (Å²) < 4.78 is 25.1. The van der Waals surface area contributed by atoms with Crippen molar-refractivity contribution >= 4 is 13.8 Å². The summed E-state index contributed by atoms with van der Waals surface area (Å²) in [5, 5.41) is 27.3. The van der Waals surface area contributed by atoms with E-state index in [0.717, 1.165) is 32.1 Å². The van der Waals surface area contributed by atoms with Gasteiger partial charge in [-0.05, 0) is 32.1 Å². The van der Waals surface area contributed by atoms with Crippen LogP contribution in [0.1, 0.15) is 96.8 Å². The second kappa shape index (κ2) is 25.8. The number of ether oxygens (including phenoxy) is 1. The monoisotopic (exact) mass is 532 g/mol. The maximum Gasteiger partial charge on any atom is 1.00 e. The number of aliphatic hydroxyl groups excluding tert-OH is 3. The van der Waals surface area contributed by atoms with E-state index in [4.69, 9.17) is 14.9 Å². The Balaban J connectivity index is 0. The molecule has 0 aromatic rings. The van der Waals surface area contributed by atoms with Crippen molar-refractivity contribution in [3.05, 3.63) is 12.2 Å². The third kappa shape index (κ3) is 27.1. The fraction of sp³-hybridized carbons (Fsp3) is 0.875. The number of esters is 1. The molecule has 0 spiro atoms. The molecule has 0 radical (unpaired) electrons. The van der Waals surface area contributed by atoms with Crippen molar-refractivity contribution < 1.29 is 72.9 Å². The first-order valence-corrected chi connectivity index (χ1v) is 14.1. The van der Waals surface area contributed by atoms with Crippen LogP contribution in [0.5, 0.6) is 0 Å². The molecule has 0 rings (SSSR count). The number of allylic oxidation sites excluding steroid dienone is 2. The molecule has 0 heterocycles. The van der Waals surface area contributed by atoms with E-state index in [-0.39, 0.29) is 42.6 Å². The molecule has 202 valence electrons. The summed E-state index contributed by atoms with van der Waals surface area (Å²) in [7, 11) is -4.73. The van der Waals surface area contributed by atoms with E-state index in [1.54, 1.807) is 0 Å². The van der Waals surface area contributed by atoms with Crippen molar-refractivity contribution in [1.82, 2.24) is 0 Å². The second-order valence-electron chi connectivity index (χ2n) is 8.55. The molecule has 0 aliphatic rings. The van der Waals surface area contributed by atoms with E-state index >= 15 is 0 Å². The van der Waals surface area contributed by atoms with Crippen molar-refractivity contribution in [1.29, 1.82) is 0 Å². The minimum Gasteiger partial charge on any atom is -0.756 e. The van der Waals surface area contributed by atoms with Crippen LogP contribution in [-0.2, 0) is 23.1 Å². The van der Waals surface area contributed by atoms with E-state index in [2.05, 4.69) is 28.1 Å². The number of unbranched alkanes of at least 4 members (excludes halogenated alkanes) is 11. The SMILES string of the molecule is CCCCCCCC/C=C/CCCCCCCC(=O)OC[C@@H](O)COP(=O)([O-])OCC(O)CO.[Na+]. The number of carbonyl (C=O) groups is 1. The van der Waals surface area contributed by atoms with Gasteiger partial charge in [-0.15, -0.1) is 0 Å². The van der Waals surface area contributed by atoms with E-state index < -0.39 is 45.8 Å². The number of hydrogen-bond acceptors (Lipinski definition) is 9. The van der Waals surface area contributed by atoms with Crippen LogP contribution < -0.4 is 34.5 Å². The van der Waals surface area contributed by atoms with Gasteiger partial charge in [0.25, 0.3) is 7.82 Å². The Morgan fingerprint density at radius 2 is 1.31 bits per heavy atom. The molecule has 11 heteroatoms. The third-order valence-electron chi connectivity index (χ3n) is 5.14. The van der Waals surface area contributed by atoms with Gasteiger partial charge in [0.2, 0.25) is 0 Å².